The topological polar surface area (TPSA) is 48.1 Å². The van der Waals surface area contributed by atoms with Crippen LogP contribution in [0, 0.1) is 18.6 Å². The van der Waals surface area contributed by atoms with Crippen LogP contribution in [0.3, 0.4) is 0 Å². The first-order valence-electron chi connectivity index (χ1n) is 5.39. The number of benzene rings is 1. The van der Waals surface area contributed by atoms with Gasteiger partial charge in [-0.25, -0.2) is 13.8 Å². The van der Waals surface area contributed by atoms with Gasteiger partial charge in [0.1, 0.15) is 17.4 Å². The van der Waals surface area contributed by atoms with Crippen molar-refractivity contribution in [2.45, 2.75) is 13.5 Å². The predicted octanol–water partition coefficient (Wildman–Crippen LogP) is 2.92. The number of hydrogen-bond acceptors (Lipinski definition) is 3. The van der Waals surface area contributed by atoms with Crippen LogP contribution in [0.2, 0.25) is 0 Å². The summed E-state index contributed by atoms with van der Waals surface area (Å²) >= 11 is 0. The zero-order valence-corrected chi connectivity index (χ0v) is 9.78. The van der Waals surface area contributed by atoms with Gasteiger partial charge in [0.15, 0.2) is 0 Å². The molecule has 0 atom stereocenters. The first-order valence-corrected chi connectivity index (χ1v) is 5.39. The highest BCUT2D eigenvalue weighted by Gasteiger charge is 2.08. The first-order chi connectivity index (χ1) is 8.58. The third kappa shape index (κ3) is 2.81. The van der Waals surface area contributed by atoms with Gasteiger partial charge in [-0.1, -0.05) is 6.07 Å². The van der Waals surface area contributed by atoms with Crippen LogP contribution in [0.1, 0.15) is 11.3 Å². The predicted molar refractivity (Wildman–Crippen MR) is 63.3 cm³/mol. The molecule has 0 bridgehead atoms. The second-order valence-corrected chi connectivity index (χ2v) is 3.83. The number of hydrogen-bond donors (Lipinski definition) is 1. The van der Waals surface area contributed by atoms with E-state index in [0.29, 0.717) is 5.56 Å². The number of ether oxygens (including phenoxy) is 1. The highest BCUT2D eigenvalue weighted by atomic mass is 19.1. The van der Waals surface area contributed by atoms with Crippen molar-refractivity contribution in [1.29, 1.82) is 0 Å². The Morgan fingerprint density at radius 1 is 1.17 bits per heavy atom. The lowest BCUT2D eigenvalue weighted by Gasteiger charge is -2.09. The summed E-state index contributed by atoms with van der Waals surface area (Å²) in [6.07, 6.45) is 0. The molecule has 1 aromatic carbocycles. The van der Waals surface area contributed by atoms with Crippen LogP contribution in [0.4, 0.5) is 8.78 Å². The van der Waals surface area contributed by atoms with Crippen molar-refractivity contribution in [3.8, 4) is 11.6 Å². The molecule has 0 saturated heterocycles. The van der Waals surface area contributed by atoms with Crippen LogP contribution in [0.25, 0.3) is 0 Å². The number of rotatable bonds is 3. The third-order valence-electron chi connectivity index (χ3n) is 2.35. The highest BCUT2D eigenvalue weighted by molar-refractivity contribution is 5.34. The normalized spacial score (nSPS) is 10.4. The van der Waals surface area contributed by atoms with E-state index in [0.717, 1.165) is 23.9 Å². The summed E-state index contributed by atoms with van der Waals surface area (Å²) in [5.74, 6) is -1.08. The standard InChI is InChI=1S/C13H12F2N2O/c1-8-2-3-9(7-16)13(17-8)18-12-5-10(14)4-11(15)6-12/h2-6H,7,16H2,1H3. The summed E-state index contributed by atoms with van der Waals surface area (Å²) in [6.45, 7) is 2.03. The fraction of sp³-hybridized carbons (Fsp3) is 0.154. The van der Waals surface area contributed by atoms with E-state index in [1.54, 1.807) is 19.1 Å². The lowest BCUT2D eigenvalue weighted by atomic mass is 10.2. The van der Waals surface area contributed by atoms with E-state index in [1.165, 1.54) is 0 Å². The number of pyridine rings is 1. The summed E-state index contributed by atoms with van der Waals surface area (Å²) in [5, 5.41) is 0. The molecule has 0 amide bonds. The van der Waals surface area contributed by atoms with Crippen LogP contribution in [0.5, 0.6) is 11.6 Å². The minimum atomic E-state index is -0.702. The third-order valence-corrected chi connectivity index (χ3v) is 2.35. The molecule has 0 unspecified atom stereocenters. The number of aryl methyl sites for hydroxylation is 1. The van der Waals surface area contributed by atoms with Crippen LogP contribution in [-0.4, -0.2) is 4.98 Å². The monoisotopic (exact) mass is 250 g/mol. The summed E-state index contributed by atoms with van der Waals surface area (Å²) in [4.78, 5) is 4.15. The van der Waals surface area contributed by atoms with Gasteiger partial charge in [0.05, 0.1) is 0 Å². The van der Waals surface area contributed by atoms with Crippen molar-refractivity contribution in [3.63, 3.8) is 0 Å². The molecule has 18 heavy (non-hydrogen) atoms. The first kappa shape index (κ1) is 12.4. The Morgan fingerprint density at radius 2 is 1.83 bits per heavy atom. The molecule has 0 radical (unpaired) electrons. The molecule has 0 aliphatic rings. The van der Waals surface area contributed by atoms with Gasteiger partial charge in [-0.2, -0.15) is 0 Å². The highest BCUT2D eigenvalue weighted by Crippen LogP contribution is 2.24. The Morgan fingerprint density at radius 3 is 2.44 bits per heavy atom. The van der Waals surface area contributed by atoms with Crippen LogP contribution >= 0.6 is 0 Å². The number of nitrogens with two attached hydrogens (primary N) is 1. The SMILES string of the molecule is Cc1ccc(CN)c(Oc2cc(F)cc(F)c2)n1. The van der Waals surface area contributed by atoms with E-state index >= 15 is 0 Å². The van der Waals surface area contributed by atoms with E-state index in [2.05, 4.69) is 4.98 Å². The average molecular weight is 250 g/mol. The van der Waals surface area contributed by atoms with Gasteiger partial charge in [0.2, 0.25) is 5.88 Å². The Kier molecular flexibility index (Phi) is 3.53. The van der Waals surface area contributed by atoms with Gasteiger partial charge in [-0.15, -0.1) is 0 Å². The van der Waals surface area contributed by atoms with Crippen molar-refractivity contribution in [3.05, 3.63) is 53.2 Å². The fourth-order valence-electron chi connectivity index (χ4n) is 1.50. The minimum Gasteiger partial charge on any atom is -0.438 e. The lowest BCUT2D eigenvalue weighted by Crippen LogP contribution is -2.02. The number of halogens is 2. The van der Waals surface area contributed by atoms with Crippen LogP contribution in [-0.2, 0) is 6.54 Å². The largest absolute Gasteiger partial charge is 0.438 e. The van der Waals surface area contributed by atoms with Crippen LogP contribution < -0.4 is 10.5 Å². The fourth-order valence-corrected chi connectivity index (χ4v) is 1.50. The van der Waals surface area contributed by atoms with Crippen molar-refractivity contribution < 1.29 is 13.5 Å². The summed E-state index contributed by atoms with van der Waals surface area (Å²) < 4.78 is 31.4. The van der Waals surface area contributed by atoms with Crippen molar-refractivity contribution >= 4 is 0 Å². The molecule has 0 saturated carbocycles. The van der Waals surface area contributed by atoms with E-state index in [1.807, 2.05) is 0 Å². The Labute approximate surface area is 103 Å². The number of nitrogens with zero attached hydrogens (tertiary/aromatic N) is 1. The van der Waals surface area contributed by atoms with Gasteiger partial charge >= 0.3 is 0 Å². The smallest absolute Gasteiger partial charge is 0.223 e. The molecular formula is C13H12F2N2O. The van der Waals surface area contributed by atoms with E-state index in [-0.39, 0.29) is 18.2 Å². The molecule has 2 aromatic rings. The van der Waals surface area contributed by atoms with Gasteiger partial charge in [0.25, 0.3) is 0 Å². The average Bonchev–Trinajstić information content (AvgIpc) is 2.27. The Hall–Kier alpha value is -2.01. The molecule has 1 heterocycles. The van der Waals surface area contributed by atoms with E-state index in [9.17, 15) is 8.78 Å². The van der Waals surface area contributed by atoms with E-state index in [4.69, 9.17) is 10.5 Å². The lowest BCUT2D eigenvalue weighted by molar-refractivity contribution is 0.444. The van der Waals surface area contributed by atoms with E-state index < -0.39 is 11.6 Å². The molecule has 1 aromatic heterocycles. The van der Waals surface area contributed by atoms with Gasteiger partial charge in [-0.05, 0) is 13.0 Å². The molecule has 2 rings (SSSR count). The molecule has 2 N–H and O–H groups in total. The summed E-state index contributed by atoms with van der Waals surface area (Å²) in [5.41, 5.74) is 6.95. The molecule has 0 fully saturated rings. The molecule has 0 aliphatic carbocycles. The minimum absolute atomic E-state index is 0.0558. The zero-order chi connectivity index (χ0) is 13.1. The second kappa shape index (κ2) is 5.10. The molecule has 3 nitrogen and oxygen atoms in total. The second-order valence-electron chi connectivity index (χ2n) is 3.83. The molecule has 5 heteroatoms. The van der Waals surface area contributed by atoms with Gasteiger partial charge in [-0.3, -0.25) is 0 Å². The number of aromatic nitrogens is 1. The van der Waals surface area contributed by atoms with Crippen molar-refractivity contribution in [1.82, 2.24) is 4.98 Å². The molecule has 0 spiro atoms. The maximum absolute atomic E-state index is 13.0. The van der Waals surface area contributed by atoms with Crippen molar-refractivity contribution in [2.75, 3.05) is 0 Å². The van der Waals surface area contributed by atoms with Gasteiger partial charge < -0.3 is 10.5 Å². The van der Waals surface area contributed by atoms with Crippen molar-refractivity contribution in [2.24, 2.45) is 5.73 Å². The maximum atomic E-state index is 13.0. The summed E-state index contributed by atoms with van der Waals surface area (Å²) in [6, 6.07) is 6.52. The Balaban J connectivity index is 2.35. The maximum Gasteiger partial charge on any atom is 0.223 e. The van der Waals surface area contributed by atoms with Crippen LogP contribution in [0.15, 0.2) is 30.3 Å². The molecule has 0 aliphatic heterocycles. The Bertz CT molecular complexity index is 553. The zero-order valence-electron chi connectivity index (χ0n) is 9.78. The molecule has 94 valence electrons. The van der Waals surface area contributed by atoms with Gasteiger partial charge in [0, 0.05) is 36.0 Å². The molecular weight excluding hydrogens is 238 g/mol. The summed E-state index contributed by atoms with van der Waals surface area (Å²) in [7, 11) is 0. The quantitative estimate of drug-likeness (QED) is 0.911.